The summed E-state index contributed by atoms with van der Waals surface area (Å²) in [6.07, 6.45) is 8.14. The summed E-state index contributed by atoms with van der Waals surface area (Å²) in [6.45, 7) is 7.74. The van der Waals surface area contributed by atoms with Crippen LogP contribution in [0.2, 0.25) is 0 Å². The Labute approximate surface area is 106 Å². The van der Waals surface area contributed by atoms with Gasteiger partial charge in [0.2, 0.25) is 0 Å². The topological polar surface area (TPSA) is 29.9 Å². The molecular formula is C14H27N3. The molecule has 3 heteroatoms. The van der Waals surface area contributed by atoms with Crippen LogP contribution in [-0.2, 0) is 13.5 Å². The van der Waals surface area contributed by atoms with Gasteiger partial charge in [0.25, 0.3) is 0 Å². The average Bonchev–Trinajstić information content (AvgIpc) is 2.70. The molecule has 98 valence electrons. The molecule has 0 aliphatic rings. The third-order valence-electron chi connectivity index (χ3n) is 3.13. The van der Waals surface area contributed by atoms with Gasteiger partial charge in [-0.1, -0.05) is 33.6 Å². The van der Waals surface area contributed by atoms with Gasteiger partial charge in [0.1, 0.15) is 0 Å². The van der Waals surface area contributed by atoms with Crippen molar-refractivity contribution in [1.82, 2.24) is 15.1 Å². The van der Waals surface area contributed by atoms with Gasteiger partial charge in [0.15, 0.2) is 0 Å². The van der Waals surface area contributed by atoms with Crippen LogP contribution in [0, 0.1) is 0 Å². The van der Waals surface area contributed by atoms with Gasteiger partial charge in [0.05, 0.1) is 5.69 Å². The lowest BCUT2D eigenvalue weighted by Gasteiger charge is -2.18. The minimum Gasteiger partial charge on any atom is -0.310 e. The SMILES string of the molecule is CCCCC(NCCC)c1cn(C)nc1CC. The highest BCUT2D eigenvalue weighted by Crippen LogP contribution is 2.22. The van der Waals surface area contributed by atoms with Gasteiger partial charge in [-0.15, -0.1) is 0 Å². The zero-order valence-electron chi connectivity index (χ0n) is 11.8. The van der Waals surface area contributed by atoms with Crippen LogP contribution < -0.4 is 5.32 Å². The maximum absolute atomic E-state index is 4.54. The van der Waals surface area contributed by atoms with Crippen molar-refractivity contribution in [2.45, 2.75) is 58.9 Å². The fourth-order valence-electron chi connectivity index (χ4n) is 2.21. The molecule has 1 aromatic heterocycles. The van der Waals surface area contributed by atoms with E-state index in [-0.39, 0.29) is 0 Å². The Bertz CT molecular complexity index is 309. The van der Waals surface area contributed by atoms with Gasteiger partial charge < -0.3 is 5.32 Å². The Morgan fingerprint density at radius 1 is 1.29 bits per heavy atom. The molecular weight excluding hydrogens is 210 g/mol. The highest BCUT2D eigenvalue weighted by Gasteiger charge is 2.16. The van der Waals surface area contributed by atoms with Crippen LogP contribution in [0.1, 0.15) is 63.8 Å². The summed E-state index contributed by atoms with van der Waals surface area (Å²) in [5.41, 5.74) is 2.65. The monoisotopic (exact) mass is 237 g/mol. The minimum atomic E-state index is 0.485. The summed E-state index contributed by atoms with van der Waals surface area (Å²) in [5, 5.41) is 8.20. The highest BCUT2D eigenvalue weighted by molar-refractivity contribution is 5.21. The zero-order chi connectivity index (χ0) is 12.7. The van der Waals surface area contributed by atoms with Gasteiger partial charge >= 0.3 is 0 Å². The van der Waals surface area contributed by atoms with E-state index >= 15 is 0 Å². The molecule has 0 bridgehead atoms. The Morgan fingerprint density at radius 2 is 2.06 bits per heavy atom. The molecule has 1 N–H and O–H groups in total. The average molecular weight is 237 g/mol. The Balaban J connectivity index is 2.78. The van der Waals surface area contributed by atoms with E-state index in [9.17, 15) is 0 Å². The largest absolute Gasteiger partial charge is 0.310 e. The fourth-order valence-corrected chi connectivity index (χ4v) is 2.21. The summed E-state index contributed by atoms with van der Waals surface area (Å²) in [7, 11) is 2.01. The van der Waals surface area contributed by atoms with Crippen molar-refractivity contribution in [2.75, 3.05) is 6.54 Å². The van der Waals surface area contributed by atoms with Crippen LogP contribution in [-0.4, -0.2) is 16.3 Å². The molecule has 1 heterocycles. The summed E-state index contributed by atoms with van der Waals surface area (Å²) in [5.74, 6) is 0. The van der Waals surface area contributed by atoms with E-state index in [1.165, 1.54) is 36.9 Å². The molecule has 1 unspecified atom stereocenters. The molecule has 3 nitrogen and oxygen atoms in total. The molecule has 0 aliphatic heterocycles. The van der Waals surface area contributed by atoms with Crippen molar-refractivity contribution in [3.63, 3.8) is 0 Å². The summed E-state index contributed by atoms with van der Waals surface area (Å²) in [4.78, 5) is 0. The normalized spacial score (nSPS) is 12.9. The van der Waals surface area contributed by atoms with E-state index in [0.29, 0.717) is 6.04 Å². The molecule has 17 heavy (non-hydrogen) atoms. The number of nitrogens with zero attached hydrogens (tertiary/aromatic N) is 2. The van der Waals surface area contributed by atoms with E-state index in [4.69, 9.17) is 0 Å². The van der Waals surface area contributed by atoms with Crippen molar-refractivity contribution in [3.8, 4) is 0 Å². The zero-order valence-corrected chi connectivity index (χ0v) is 11.8. The van der Waals surface area contributed by atoms with E-state index < -0.39 is 0 Å². The summed E-state index contributed by atoms with van der Waals surface area (Å²) < 4.78 is 1.95. The lowest BCUT2D eigenvalue weighted by molar-refractivity contribution is 0.478. The Hall–Kier alpha value is -0.830. The van der Waals surface area contributed by atoms with E-state index in [1.54, 1.807) is 0 Å². The van der Waals surface area contributed by atoms with Gasteiger partial charge in [-0.25, -0.2) is 0 Å². The molecule has 0 radical (unpaired) electrons. The maximum Gasteiger partial charge on any atom is 0.0669 e. The molecule has 0 aliphatic carbocycles. The number of nitrogens with one attached hydrogen (secondary N) is 1. The van der Waals surface area contributed by atoms with Crippen molar-refractivity contribution in [1.29, 1.82) is 0 Å². The molecule has 0 saturated heterocycles. The molecule has 1 aromatic rings. The van der Waals surface area contributed by atoms with Crippen LogP contribution in [0.25, 0.3) is 0 Å². The standard InChI is InChI=1S/C14H27N3/c1-5-8-9-14(15-10-6-2)12-11-17(4)16-13(12)7-3/h11,14-15H,5-10H2,1-4H3. The van der Waals surface area contributed by atoms with Crippen LogP contribution in [0.15, 0.2) is 6.20 Å². The Morgan fingerprint density at radius 3 is 2.65 bits per heavy atom. The predicted molar refractivity (Wildman–Crippen MR) is 73.1 cm³/mol. The van der Waals surface area contributed by atoms with Gasteiger partial charge in [-0.05, 0) is 25.8 Å². The van der Waals surface area contributed by atoms with Gasteiger partial charge in [-0.2, -0.15) is 5.10 Å². The van der Waals surface area contributed by atoms with Crippen molar-refractivity contribution in [2.24, 2.45) is 7.05 Å². The number of rotatable bonds is 8. The molecule has 0 saturated carbocycles. The number of unbranched alkanes of at least 4 members (excludes halogenated alkanes) is 1. The number of aryl methyl sites for hydroxylation is 2. The van der Waals surface area contributed by atoms with E-state index in [0.717, 1.165) is 13.0 Å². The first-order valence-corrected chi connectivity index (χ1v) is 6.98. The first-order valence-electron chi connectivity index (χ1n) is 6.98. The number of aromatic nitrogens is 2. The van der Waals surface area contributed by atoms with Crippen molar-refractivity contribution < 1.29 is 0 Å². The minimum absolute atomic E-state index is 0.485. The van der Waals surface area contributed by atoms with Crippen LogP contribution in [0.5, 0.6) is 0 Å². The fraction of sp³-hybridized carbons (Fsp3) is 0.786. The van der Waals surface area contributed by atoms with Crippen LogP contribution in [0.4, 0.5) is 0 Å². The lowest BCUT2D eigenvalue weighted by atomic mass is 10.0. The second-order valence-corrected chi connectivity index (χ2v) is 4.71. The quantitative estimate of drug-likeness (QED) is 0.752. The smallest absolute Gasteiger partial charge is 0.0669 e. The second kappa shape index (κ2) is 7.49. The third kappa shape index (κ3) is 4.15. The number of hydrogen-bond acceptors (Lipinski definition) is 2. The van der Waals surface area contributed by atoms with E-state index in [1.807, 2.05) is 11.7 Å². The van der Waals surface area contributed by atoms with Crippen LogP contribution >= 0.6 is 0 Å². The van der Waals surface area contributed by atoms with Gasteiger partial charge in [-0.3, -0.25) is 4.68 Å². The molecule has 1 rings (SSSR count). The van der Waals surface area contributed by atoms with Gasteiger partial charge in [0, 0.05) is 24.8 Å². The second-order valence-electron chi connectivity index (χ2n) is 4.71. The molecule has 0 spiro atoms. The molecule has 0 amide bonds. The molecule has 0 aromatic carbocycles. The van der Waals surface area contributed by atoms with Crippen molar-refractivity contribution >= 4 is 0 Å². The highest BCUT2D eigenvalue weighted by atomic mass is 15.3. The molecule has 1 atom stereocenters. The van der Waals surface area contributed by atoms with Crippen LogP contribution in [0.3, 0.4) is 0 Å². The predicted octanol–water partition coefficient (Wildman–Crippen LogP) is 3.21. The first kappa shape index (κ1) is 14.2. The third-order valence-corrected chi connectivity index (χ3v) is 3.13. The van der Waals surface area contributed by atoms with E-state index in [2.05, 4.69) is 37.4 Å². The maximum atomic E-state index is 4.54. The first-order chi connectivity index (χ1) is 8.22. The summed E-state index contributed by atoms with van der Waals surface area (Å²) in [6, 6.07) is 0.485. The number of hydrogen-bond donors (Lipinski definition) is 1. The Kier molecular flexibility index (Phi) is 6.27. The molecule has 0 fully saturated rings. The summed E-state index contributed by atoms with van der Waals surface area (Å²) >= 11 is 0. The van der Waals surface area contributed by atoms with Crippen molar-refractivity contribution in [3.05, 3.63) is 17.5 Å². The lowest BCUT2D eigenvalue weighted by Crippen LogP contribution is -2.22.